The molecule has 0 rings (SSSR count). The largest absolute Gasteiger partial charge is 2.00 e. The standard InChI is InChI=1S/2C2H6OS.2CHF3O3S.Sr/c2*1-4(2)3;2*2-1(3,4)8(5,6)7;/h2*1-2H3;2*(H,5,6,7);/q;;;;+2/p-2. The predicted octanol–water partition coefficient (Wildman–Crippen LogP) is -0.289. The number of hydrogen-bond acceptors (Lipinski definition) is 8. The first kappa shape index (κ1) is 37.0. The van der Waals surface area contributed by atoms with E-state index in [4.69, 9.17) is 25.9 Å². The second-order valence-electron chi connectivity index (χ2n) is 3.28. The molecule has 0 aromatic rings. The Labute approximate surface area is 182 Å². The van der Waals surface area contributed by atoms with E-state index < -0.39 is 52.9 Å². The number of rotatable bonds is 0. The van der Waals surface area contributed by atoms with Gasteiger partial charge in [-0.15, -0.1) is 0 Å². The Balaban J connectivity index is -0.0000000739. The zero-order valence-corrected chi connectivity index (χ0v) is 19.6. The van der Waals surface area contributed by atoms with Gasteiger partial charge in [0.25, 0.3) is 0 Å². The van der Waals surface area contributed by atoms with Gasteiger partial charge in [-0.2, -0.15) is 26.3 Å². The molecule has 0 bridgehead atoms. The predicted molar refractivity (Wildman–Crippen MR) is 77.2 cm³/mol. The summed E-state index contributed by atoms with van der Waals surface area (Å²) in [7, 11) is -13.4. The van der Waals surface area contributed by atoms with Crippen molar-refractivity contribution in [3.8, 4) is 0 Å². The maximum Gasteiger partial charge on any atom is 2.00 e. The van der Waals surface area contributed by atoms with E-state index in [1.807, 2.05) is 0 Å². The molecule has 0 aromatic heterocycles. The molecule has 0 saturated carbocycles. The van der Waals surface area contributed by atoms with Gasteiger partial charge in [-0.25, -0.2) is 16.8 Å². The molecule has 19 heteroatoms. The molecule has 0 aliphatic rings. The second-order valence-corrected chi connectivity index (χ2v) is 8.99. The molecule has 0 aliphatic carbocycles. The average molecular weight is 542 g/mol. The normalized spacial score (nSPS) is 11.8. The summed E-state index contributed by atoms with van der Waals surface area (Å²) in [6, 6.07) is 0. The molecule has 0 aliphatic heterocycles. The van der Waals surface area contributed by atoms with Gasteiger partial charge in [-0.3, -0.25) is 8.42 Å². The van der Waals surface area contributed by atoms with E-state index in [2.05, 4.69) is 0 Å². The van der Waals surface area contributed by atoms with Crippen molar-refractivity contribution in [2.45, 2.75) is 11.0 Å². The third-order valence-electron chi connectivity index (χ3n) is 0.567. The Hall–Kier alpha value is 1.18. The summed E-state index contributed by atoms with van der Waals surface area (Å²) in [5.41, 5.74) is -11.3. The smallest absolute Gasteiger partial charge is 0.741 e. The molecule has 0 aromatic carbocycles. The minimum Gasteiger partial charge on any atom is -0.741 e. The first-order valence-corrected chi connectivity index (χ1v) is 11.3. The van der Waals surface area contributed by atoms with Crippen molar-refractivity contribution in [3.05, 3.63) is 0 Å². The minimum absolute atomic E-state index is 0. The summed E-state index contributed by atoms with van der Waals surface area (Å²) in [4.78, 5) is 0. The van der Waals surface area contributed by atoms with Crippen LogP contribution in [0.1, 0.15) is 0 Å². The van der Waals surface area contributed by atoms with Gasteiger partial charge < -0.3 is 9.11 Å². The Morgan fingerprint density at radius 2 is 0.680 bits per heavy atom. The third kappa shape index (κ3) is 36.8. The quantitative estimate of drug-likeness (QED) is 0.176. The van der Waals surface area contributed by atoms with Crippen LogP contribution in [0.25, 0.3) is 0 Å². The van der Waals surface area contributed by atoms with Crippen molar-refractivity contribution in [1.29, 1.82) is 0 Å². The fraction of sp³-hybridized carbons (Fsp3) is 1.00. The maximum absolute atomic E-state index is 10.7. The molecule has 0 fully saturated rings. The van der Waals surface area contributed by atoms with Gasteiger partial charge in [0.1, 0.15) is 0 Å². The molecule has 152 valence electrons. The first-order chi connectivity index (χ1) is 9.96. The van der Waals surface area contributed by atoms with E-state index in [1.165, 1.54) is 0 Å². The van der Waals surface area contributed by atoms with Crippen LogP contribution in [-0.2, 0) is 41.8 Å². The van der Waals surface area contributed by atoms with Crippen LogP contribution < -0.4 is 0 Å². The van der Waals surface area contributed by atoms with Crippen molar-refractivity contribution in [2.24, 2.45) is 0 Å². The van der Waals surface area contributed by atoms with Crippen LogP contribution in [0.5, 0.6) is 0 Å². The molecular weight excluding hydrogens is 530 g/mol. The van der Waals surface area contributed by atoms with Gasteiger partial charge in [0.2, 0.25) is 0 Å². The van der Waals surface area contributed by atoms with Crippen molar-refractivity contribution in [3.63, 3.8) is 0 Å². The van der Waals surface area contributed by atoms with Crippen LogP contribution in [-0.4, -0.2) is 116 Å². The molecule has 0 saturated heterocycles. The number of hydrogen-bond donors (Lipinski definition) is 0. The molecule has 0 atom stereocenters. The van der Waals surface area contributed by atoms with Gasteiger partial charge in [0.05, 0.1) is 0 Å². The molecule has 25 heavy (non-hydrogen) atoms. The molecule has 0 unspecified atom stereocenters. The average Bonchev–Trinajstić information content (AvgIpc) is 2.08. The molecule has 0 spiro atoms. The van der Waals surface area contributed by atoms with Crippen LogP contribution >= 0.6 is 0 Å². The third-order valence-corrected chi connectivity index (χ3v) is 1.70. The topological polar surface area (TPSA) is 149 Å². The summed E-state index contributed by atoms with van der Waals surface area (Å²) in [5.74, 6) is 0. The first-order valence-electron chi connectivity index (χ1n) is 4.51. The Morgan fingerprint density at radius 1 is 0.640 bits per heavy atom. The summed E-state index contributed by atoms with van der Waals surface area (Å²) in [6.07, 6.45) is 6.56. The van der Waals surface area contributed by atoms with Crippen LogP contribution in [0, 0.1) is 0 Å². The Kier molecular flexibility index (Phi) is 22.4. The second kappa shape index (κ2) is 15.1. The van der Waals surface area contributed by atoms with E-state index in [0.29, 0.717) is 0 Å². The van der Waals surface area contributed by atoms with Gasteiger partial charge in [-0.05, 0) is 0 Å². The summed E-state index contributed by atoms with van der Waals surface area (Å²) in [5, 5.41) is 0. The monoisotopic (exact) mass is 542 g/mol. The van der Waals surface area contributed by atoms with Crippen LogP contribution in [0.2, 0.25) is 0 Å². The molecule has 8 nitrogen and oxygen atoms in total. The van der Waals surface area contributed by atoms with Gasteiger partial charge in [0, 0.05) is 46.6 Å². The summed E-state index contributed by atoms with van der Waals surface area (Å²) < 4.78 is 137. The zero-order valence-electron chi connectivity index (χ0n) is 12.9. The van der Waals surface area contributed by atoms with E-state index in [1.54, 1.807) is 25.0 Å². The summed E-state index contributed by atoms with van der Waals surface area (Å²) in [6.45, 7) is 0. The van der Waals surface area contributed by atoms with E-state index >= 15 is 0 Å². The summed E-state index contributed by atoms with van der Waals surface area (Å²) >= 11 is 0. The SMILES string of the molecule is CS(C)=O.CS(C)=O.O=S(=O)([O-])C(F)(F)F.O=S(=O)([O-])C(F)(F)F.[Sr+2]. The van der Waals surface area contributed by atoms with Crippen molar-refractivity contribution in [2.75, 3.05) is 25.0 Å². The zero-order chi connectivity index (χ0) is 21.2. The van der Waals surface area contributed by atoms with Crippen LogP contribution in [0.3, 0.4) is 0 Å². The Morgan fingerprint density at radius 3 is 0.680 bits per heavy atom. The van der Waals surface area contributed by atoms with Gasteiger partial charge in [0.15, 0.2) is 20.2 Å². The van der Waals surface area contributed by atoms with Crippen molar-refractivity contribution in [1.82, 2.24) is 0 Å². The molecule has 0 amide bonds. The number of halogens is 6. The van der Waals surface area contributed by atoms with Gasteiger partial charge >= 0.3 is 56.5 Å². The van der Waals surface area contributed by atoms with Crippen LogP contribution in [0.15, 0.2) is 0 Å². The van der Waals surface area contributed by atoms with Gasteiger partial charge in [-0.1, -0.05) is 0 Å². The van der Waals surface area contributed by atoms with Crippen molar-refractivity contribution >= 4 is 87.3 Å². The van der Waals surface area contributed by atoms with E-state index in [-0.39, 0.29) is 45.5 Å². The maximum atomic E-state index is 10.7. The molecule has 0 heterocycles. The van der Waals surface area contributed by atoms with E-state index in [0.717, 1.165) is 0 Å². The fourth-order valence-electron chi connectivity index (χ4n) is 0. The Bertz CT molecular complexity index is 534. The van der Waals surface area contributed by atoms with Crippen LogP contribution in [0.4, 0.5) is 26.3 Å². The molecule has 0 radical (unpaired) electrons. The molecule has 0 N–H and O–H groups in total. The molecular formula is C6H12F6O8S4Sr. The minimum atomic E-state index is -6.09. The van der Waals surface area contributed by atoms with Crippen molar-refractivity contribution < 1.29 is 60.7 Å². The fourth-order valence-corrected chi connectivity index (χ4v) is 0. The number of alkyl halides is 6. The van der Waals surface area contributed by atoms with E-state index in [9.17, 15) is 34.8 Å².